The number of hydrogen-bond acceptors (Lipinski definition) is 4. The largest absolute Gasteiger partial charge is 0.390 e. The van der Waals surface area contributed by atoms with Gasteiger partial charge in [-0.3, -0.25) is 0 Å². The van der Waals surface area contributed by atoms with E-state index in [1.165, 1.54) is 0 Å². The van der Waals surface area contributed by atoms with Gasteiger partial charge in [-0.1, -0.05) is 6.08 Å². The van der Waals surface area contributed by atoms with Gasteiger partial charge in [0.05, 0.1) is 30.5 Å². The third kappa shape index (κ3) is 2.15. The van der Waals surface area contributed by atoms with Crippen molar-refractivity contribution in [3.8, 4) is 0 Å². The van der Waals surface area contributed by atoms with E-state index in [4.69, 9.17) is 14.2 Å². The van der Waals surface area contributed by atoms with Crippen molar-refractivity contribution >= 4 is 0 Å². The molecule has 3 rings (SSSR count). The lowest BCUT2D eigenvalue weighted by atomic mass is 9.88. The maximum atomic E-state index is 9.90. The van der Waals surface area contributed by atoms with Crippen LogP contribution in [-0.2, 0) is 14.2 Å². The van der Waals surface area contributed by atoms with Crippen LogP contribution in [0.1, 0.15) is 25.7 Å². The number of aliphatic hydroxyl groups excluding tert-OH is 1. The van der Waals surface area contributed by atoms with Crippen LogP contribution in [0.3, 0.4) is 0 Å². The predicted octanol–water partition coefficient (Wildman–Crippen LogP) is 1.03. The number of rotatable bonds is 1. The van der Waals surface area contributed by atoms with Crippen molar-refractivity contribution in [1.29, 1.82) is 0 Å². The van der Waals surface area contributed by atoms with Crippen LogP contribution in [0.25, 0.3) is 0 Å². The topological polar surface area (TPSA) is 47.9 Å². The van der Waals surface area contributed by atoms with E-state index in [1.54, 1.807) is 6.08 Å². The van der Waals surface area contributed by atoms with E-state index in [0.717, 1.165) is 25.9 Å². The highest BCUT2D eigenvalue weighted by Gasteiger charge is 2.45. The van der Waals surface area contributed by atoms with Gasteiger partial charge in [0.1, 0.15) is 6.10 Å². The third-order valence-electron chi connectivity index (χ3n) is 4.03. The maximum absolute atomic E-state index is 9.90. The van der Waals surface area contributed by atoms with Gasteiger partial charge in [0.15, 0.2) is 0 Å². The van der Waals surface area contributed by atoms with Crippen LogP contribution in [0.5, 0.6) is 0 Å². The molecule has 17 heavy (non-hydrogen) atoms. The van der Waals surface area contributed by atoms with Gasteiger partial charge in [-0.2, -0.15) is 0 Å². The first kappa shape index (κ1) is 11.7. The molecule has 0 saturated carbocycles. The number of aliphatic hydroxyl groups is 1. The van der Waals surface area contributed by atoms with E-state index in [9.17, 15) is 5.11 Å². The van der Waals surface area contributed by atoms with E-state index in [2.05, 4.69) is 6.58 Å². The molecule has 0 spiro atoms. The van der Waals surface area contributed by atoms with Crippen molar-refractivity contribution in [3.63, 3.8) is 0 Å². The molecule has 4 heteroatoms. The molecule has 3 saturated heterocycles. The summed E-state index contributed by atoms with van der Waals surface area (Å²) in [6, 6.07) is 0. The maximum Gasteiger partial charge on any atom is 0.102 e. The Morgan fingerprint density at radius 2 is 1.88 bits per heavy atom. The molecule has 4 nitrogen and oxygen atoms in total. The van der Waals surface area contributed by atoms with Crippen molar-refractivity contribution in [1.82, 2.24) is 0 Å². The fraction of sp³-hybridized carbons (Fsp3) is 0.846. The summed E-state index contributed by atoms with van der Waals surface area (Å²) in [6.45, 7) is 4.53. The normalized spacial score (nSPS) is 50.2. The SMILES string of the molecule is C=C[C@H]1O[C@H]2C[C@H]3OCCC[C@@H]3O[C@@H]2C[C@@H]1O. The van der Waals surface area contributed by atoms with Crippen molar-refractivity contribution in [3.05, 3.63) is 12.7 Å². The zero-order valence-corrected chi connectivity index (χ0v) is 9.96. The van der Waals surface area contributed by atoms with Crippen molar-refractivity contribution in [2.24, 2.45) is 0 Å². The van der Waals surface area contributed by atoms with Crippen LogP contribution in [0, 0.1) is 0 Å². The van der Waals surface area contributed by atoms with Crippen molar-refractivity contribution in [2.75, 3.05) is 6.61 Å². The fourth-order valence-corrected chi connectivity index (χ4v) is 3.11. The molecule has 0 unspecified atom stereocenters. The zero-order chi connectivity index (χ0) is 11.8. The van der Waals surface area contributed by atoms with Crippen LogP contribution in [0.15, 0.2) is 12.7 Å². The molecule has 3 heterocycles. The summed E-state index contributed by atoms with van der Waals surface area (Å²) in [4.78, 5) is 0. The molecule has 0 bridgehead atoms. The lowest BCUT2D eigenvalue weighted by Crippen LogP contribution is -2.56. The molecular formula is C13H20O4. The van der Waals surface area contributed by atoms with E-state index in [0.29, 0.717) is 6.42 Å². The standard InChI is InChI=1S/C13H20O4/c1-2-9-8(14)6-12-13(16-9)7-11-10(17-12)4-3-5-15-11/h2,8-14H,1,3-7H2/t8-,9+,10-,11+,12+,13-/m0/s1. The van der Waals surface area contributed by atoms with Crippen molar-refractivity contribution in [2.45, 2.75) is 62.3 Å². The Morgan fingerprint density at radius 1 is 1.06 bits per heavy atom. The number of ether oxygens (including phenoxy) is 3. The molecule has 1 N–H and O–H groups in total. The molecule has 96 valence electrons. The van der Waals surface area contributed by atoms with Crippen LogP contribution in [-0.4, -0.2) is 48.3 Å². The number of fused-ring (bicyclic) bond motifs is 2. The van der Waals surface area contributed by atoms with E-state index in [-0.39, 0.29) is 30.5 Å². The lowest BCUT2D eigenvalue weighted by Gasteiger charge is -2.47. The molecule has 0 aromatic heterocycles. The molecule has 6 atom stereocenters. The van der Waals surface area contributed by atoms with E-state index in [1.807, 2.05) is 0 Å². The first-order valence-electron chi connectivity index (χ1n) is 6.51. The minimum absolute atomic E-state index is 0.0177. The Hall–Kier alpha value is -0.420. The fourth-order valence-electron chi connectivity index (χ4n) is 3.11. The van der Waals surface area contributed by atoms with Crippen molar-refractivity contribution < 1.29 is 19.3 Å². The van der Waals surface area contributed by atoms with Gasteiger partial charge in [0.25, 0.3) is 0 Å². The van der Waals surface area contributed by atoms with Gasteiger partial charge in [0.2, 0.25) is 0 Å². The van der Waals surface area contributed by atoms with Gasteiger partial charge in [0, 0.05) is 19.4 Å². The smallest absolute Gasteiger partial charge is 0.102 e. The minimum atomic E-state index is -0.491. The quantitative estimate of drug-likeness (QED) is 0.695. The monoisotopic (exact) mass is 240 g/mol. The highest BCUT2D eigenvalue weighted by Crippen LogP contribution is 2.36. The Balaban J connectivity index is 1.69. The summed E-state index contributed by atoms with van der Waals surface area (Å²) in [5.41, 5.74) is 0. The lowest BCUT2D eigenvalue weighted by molar-refractivity contribution is -0.251. The molecule has 3 fully saturated rings. The summed E-state index contributed by atoms with van der Waals surface area (Å²) >= 11 is 0. The van der Waals surface area contributed by atoms with Gasteiger partial charge in [-0.25, -0.2) is 0 Å². The second-order valence-electron chi connectivity index (χ2n) is 5.18. The molecule has 0 radical (unpaired) electrons. The molecule has 0 aromatic carbocycles. The molecule has 0 amide bonds. The first-order chi connectivity index (χ1) is 8.28. The molecule has 0 aliphatic carbocycles. The Kier molecular flexibility index (Phi) is 3.21. The average Bonchev–Trinajstić information content (AvgIpc) is 2.35. The molecule has 3 aliphatic rings. The molecule has 3 aliphatic heterocycles. The van der Waals surface area contributed by atoms with Gasteiger partial charge in [-0.05, 0) is 12.8 Å². The van der Waals surface area contributed by atoms with Crippen LogP contribution in [0.4, 0.5) is 0 Å². The van der Waals surface area contributed by atoms with Gasteiger partial charge >= 0.3 is 0 Å². The summed E-state index contributed by atoms with van der Waals surface area (Å²) in [5, 5.41) is 9.90. The van der Waals surface area contributed by atoms with Crippen LogP contribution >= 0.6 is 0 Å². The summed E-state index contributed by atoms with van der Waals surface area (Å²) in [6.07, 6.45) is 5.00. The second kappa shape index (κ2) is 4.69. The molecule has 0 aromatic rings. The van der Waals surface area contributed by atoms with Crippen LogP contribution in [0.2, 0.25) is 0 Å². The predicted molar refractivity (Wildman–Crippen MR) is 61.7 cm³/mol. The minimum Gasteiger partial charge on any atom is -0.390 e. The Bertz CT molecular complexity index is 293. The van der Waals surface area contributed by atoms with Gasteiger partial charge < -0.3 is 19.3 Å². The first-order valence-corrected chi connectivity index (χ1v) is 6.51. The van der Waals surface area contributed by atoms with Crippen LogP contribution < -0.4 is 0 Å². The summed E-state index contributed by atoms with van der Waals surface area (Å²) in [7, 11) is 0. The third-order valence-corrected chi connectivity index (χ3v) is 4.03. The summed E-state index contributed by atoms with van der Waals surface area (Å²) in [5.74, 6) is 0. The number of hydrogen-bond donors (Lipinski definition) is 1. The van der Waals surface area contributed by atoms with Gasteiger partial charge in [-0.15, -0.1) is 6.58 Å². The van der Waals surface area contributed by atoms with E-state index >= 15 is 0 Å². The average molecular weight is 240 g/mol. The highest BCUT2D eigenvalue weighted by molar-refractivity contribution is 4.98. The summed E-state index contributed by atoms with van der Waals surface area (Å²) < 4.78 is 17.6. The Morgan fingerprint density at radius 3 is 2.71 bits per heavy atom. The highest BCUT2D eigenvalue weighted by atomic mass is 16.6. The van der Waals surface area contributed by atoms with E-state index < -0.39 is 6.10 Å². The Labute approximate surface area is 102 Å². The molecular weight excluding hydrogens is 220 g/mol. The zero-order valence-electron chi connectivity index (χ0n) is 9.96. The second-order valence-corrected chi connectivity index (χ2v) is 5.18.